The van der Waals surface area contributed by atoms with Crippen LogP contribution < -0.4 is 0 Å². The topological polar surface area (TPSA) is 23.5 Å². The minimum Gasteiger partial charge on any atom is -0.390 e. The number of benzene rings is 1. The normalized spacial score (nSPS) is 19.5. The van der Waals surface area contributed by atoms with Crippen molar-refractivity contribution in [3.05, 3.63) is 35.9 Å². The van der Waals surface area contributed by atoms with Gasteiger partial charge in [0.1, 0.15) is 0 Å². The van der Waals surface area contributed by atoms with Crippen molar-refractivity contribution in [2.45, 2.75) is 51.0 Å². The molecule has 1 heterocycles. The molecule has 1 aliphatic heterocycles. The highest BCUT2D eigenvalue weighted by Gasteiger charge is 2.26. The molecule has 2 nitrogen and oxygen atoms in total. The van der Waals surface area contributed by atoms with Crippen molar-refractivity contribution in [2.75, 3.05) is 19.6 Å². The van der Waals surface area contributed by atoms with E-state index >= 15 is 0 Å². The monoisotopic (exact) mass is 261 g/mol. The quantitative estimate of drug-likeness (QED) is 0.795. The molecule has 2 rings (SSSR count). The van der Waals surface area contributed by atoms with Gasteiger partial charge < -0.3 is 10.0 Å². The van der Waals surface area contributed by atoms with Gasteiger partial charge in [0.25, 0.3) is 0 Å². The van der Waals surface area contributed by atoms with Crippen LogP contribution in [0.5, 0.6) is 0 Å². The van der Waals surface area contributed by atoms with Crippen LogP contribution in [0.3, 0.4) is 0 Å². The zero-order valence-corrected chi connectivity index (χ0v) is 12.1. The number of aliphatic hydroxyl groups is 1. The Bertz CT molecular complexity index is 351. The molecular weight excluding hydrogens is 234 g/mol. The van der Waals surface area contributed by atoms with Gasteiger partial charge in [0.15, 0.2) is 0 Å². The van der Waals surface area contributed by atoms with Gasteiger partial charge in [-0.15, -0.1) is 0 Å². The molecule has 19 heavy (non-hydrogen) atoms. The Hall–Kier alpha value is -0.860. The highest BCUT2D eigenvalue weighted by atomic mass is 16.3. The van der Waals surface area contributed by atoms with Crippen molar-refractivity contribution in [3.8, 4) is 0 Å². The molecular formula is C17H27NO. The third-order valence-electron chi connectivity index (χ3n) is 4.22. The van der Waals surface area contributed by atoms with Crippen molar-refractivity contribution in [1.29, 1.82) is 0 Å². The predicted octanol–water partition coefficient (Wildman–Crippen LogP) is 3.25. The highest BCUT2D eigenvalue weighted by Crippen LogP contribution is 2.21. The SMILES string of the molecule is CC1(O)CCN(CCCCCc2ccccc2)CC1. The average Bonchev–Trinajstić information content (AvgIpc) is 2.41. The maximum absolute atomic E-state index is 9.90. The Morgan fingerprint density at radius 3 is 2.42 bits per heavy atom. The van der Waals surface area contributed by atoms with E-state index in [1.165, 1.54) is 37.8 Å². The maximum Gasteiger partial charge on any atom is 0.0644 e. The summed E-state index contributed by atoms with van der Waals surface area (Å²) in [5.41, 5.74) is 1.04. The summed E-state index contributed by atoms with van der Waals surface area (Å²) in [5, 5.41) is 9.90. The van der Waals surface area contributed by atoms with E-state index in [9.17, 15) is 5.11 Å². The van der Waals surface area contributed by atoms with Gasteiger partial charge in [0.2, 0.25) is 0 Å². The second-order valence-corrected chi connectivity index (χ2v) is 6.13. The van der Waals surface area contributed by atoms with Crippen LogP contribution in [0.15, 0.2) is 30.3 Å². The number of rotatable bonds is 6. The summed E-state index contributed by atoms with van der Waals surface area (Å²) in [4.78, 5) is 2.50. The molecule has 0 aromatic heterocycles. The zero-order valence-electron chi connectivity index (χ0n) is 12.1. The number of aryl methyl sites for hydroxylation is 1. The fraction of sp³-hybridized carbons (Fsp3) is 0.647. The van der Waals surface area contributed by atoms with Crippen LogP contribution in [0.25, 0.3) is 0 Å². The van der Waals surface area contributed by atoms with E-state index in [4.69, 9.17) is 0 Å². The number of piperidine rings is 1. The fourth-order valence-electron chi connectivity index (χ4n) is 2.74. The van der Waals surface area contributed by atoms with Crippen molar-refractivity contribution < 1.29 is 5.11 Å². The average molecular weight is 261 g/mol. The molecule has 1 aromatic carbocycles. The molecule has 1 N–H and O–H groups in total. The molecule has 1 aromatic rings. The summed E-state index contributed by atoms with van der Waals surface area (Å²) in [5.74, 6) is 0. The lowest BCUT2D eigenvalue weighted by molar-refractivity contribution is -0.00553. The van der Waals surface area contributed by atoms with Crippen molar-refractivity contribution in [3.63, 3.8) is 0 Å². The summed E-state index contributed by atoms with van der Waals surface area (Å²) in [7, 11) is 0. The number of nitrogens with zero attached hydrogens (tertiary/aromatic N) is 1. The first-order valence-electron chi connectivity index (χ1n) is 7.64. The number of likely N-dealkylation sites (tertiary alicyclic amines) is 1. The standard InChI is InChI=1S/C17H27NO/c1-17(19)11-14-18(15-12-17)13-7-3-6-10-16-8-4-2-5-9-16/h2,4-5,8-9,19H,3,6-7,10-15H2,1H3. The van der Waals surface area contributed by atoms with E-state index in [1.807, 2.05) is 6.92 Å². The zero-order chi connectivity index (χ0) is 13.6. The first kappa shape index (κ1) is 14.5. The van der Waals surface area contributed by atoms with E-state index in [0.717, 1.165) is 25.9 Å². The van der Waals surface area contributed by atoms with Gasteiger partial charge >= 0.3 is 0 Å². The van der Waals surface area contributed by atoms with E-state index < -0.39 is 5.60 Å². The lowest BCUT2D eigenvalue weighted by Gasteiger charge is -2.35. The summed E-state index contributed by atoms with van der Waals surface area (Å²) >= 11 is 0. The Labute approximate surface area is 117 Å². The van der Waals surface area contributed by atoms with Crippen LogP contribution in [0, 0.1) is 0 Å². The van der Waals surface area contributed by atoms with Crippen LogP contribution in [-0.2, 0) is 6.42 Å². The van der Waals surface area contributed by atoms with E-state index in [1.54, 1.807) is 0 Å². The molecule has 0 bridgehead atoms. The van der Waals surface area contributed by atoms with Crippen LogP contribution in [0.4, 0.5) is 0 Å². The Morgan fingerprint density at radius 2 is 1.74 bits per heavy atom. The Balaban J connectivity index is 1.53. The summed E-state index contributed by atoms with van der Waals surface area (Å²) in [6.45, 7) is 5.28. The van der Waals surface area contributed by atoms with Gasteiger partial charge in [-0.25, -0.2) is 0 Å². The lowest BCUT2D eigenvalue weighted by Crippen LogP contribution is -2.42. The summed E-state index contributed by atoms with van der Waals surface area (Å²) < 4.78 is 0. The molecule has 1 saturated heterocycles. The second kappa shape index (κ2) is 7.06. The van der Waals surface area contributed by atoms with Crippen LogP contribution >= 0.6 is 0 Å². The second-order valence-electron chi connectivity index (χ2n) is 6.13. The lowest BCUT2D eigenvalue weighted by atomic mass is 9.94. The minimum atomic E-state index is -0.413. The van der Waals surface area contributed by atoms with Gasteiger partial charge in [-0.05, 0) is 51.1 Å². The van der Waals surface area contributed by atoms with Crippen molar-refractivity contribution >= 4 is 0 Å². The van der Waals surface area contributed by atoms with Crippen LogP contribution in [-0.4, -0.2) is 35.2 Å². The van der Waals surface area contributed by atoms with Gasteiger partial charge in [0, 0.05) is 13.1 Å². The maximum atomic E-state index is 9.90. The number of hydrogen-bond donors (Lipinski definition) is 1. The van der Waals surface area contributed by atoms with Crippen LogP contribution in [0.2, 0.25) is 0 Å². The first-order valence-corrected chi connectivity index (χ1v) is 7.64. The van der Waals surface area contributed by atoms with E-state index in [-0.39, 0.29) is 0 Å². The molecule has 1 aliphatic rings. The van der Waals surface area contributed by atoms with Crippen molar-refractivity contribution in [1.82, 2.24) is 4.90 Å². The largest absolute Gasteiger partial charge is 0.390 e. The molecule has 1 fully saturated rings. The molecule has 0 atom stereocenters. The fourth-order valence-corrected chi connectivity index (χ4v) is 2.74. The van der Waals surface area contributed by atoms with E-state index in [2.05, 4.69) is 35.2 Å². The molecule has 0 spiro atoms. The highest BCUT2D eigenvalue weighted by molar-refractivity contribution is 5.14. The third kappa shape index (κ3) is 5.33. The molecule has 0 saturated carbocycles. The predicted molar refractivity (Wildman–Crippen MR) is 80.3 cm³/mol. The van der Waals surface area contributed by atoms with Gasteiger partial charge in [0.05, 0.1) is 5.60 Å². The molecule has 2 heteroatoms. The smallest absolute Gasteiger partial charge is 0.0644 e. The van der Waals surface area contributed by atoms with Crippen molar-refractivity contribution in [2.24, 2.45) is 0 Å². The summed E-state index contributed by atoms with van der Waals surface area (Å²) in [6.07, 6.45) is 6.94. The first-order chi connectivity index (χ1) is 9.16. The van der Waals surface area contributed by atoms with Gasteiger partial charge in [-0.2, -0.15) is 0 Å². The summed E-state index contributed by atoms with van der Waals surface area (Å²) in [6, 6.07) is 10.7. The number of hydrogen-bond acceptors (Lipinski definition) is 2. The third-order valence-corrected chi connectivity index (χ3v) is 4.22. The number of unbranched alkanes of at least 4 members (excludes halogenated alkanes) is 2. The van der Waals surface area contributed by atoms with Crippen LogP contribution in [0.1, 0.15) is 44.6 Å². The minimum absolute atomic E-state index is 0.413. The molecule has 0 unspecified atom stereocenters. The van der Waals surface area contributed by atoms with Gasteiger partial charge in [-0.1, -0.05) is 36.8 Å². The molecule has 0 radical (unpaired) electrons. The Morgan fingerprint density at radius 1 is 1.05 bits per heavy atom. The molecule has 0 amide bonds. The van der Waals surface area contributed by atoms with E-state index in [0.29, 0.717) is 0 Å². The van der Waals surface area contributed by atoms with Gasteiger partial charge in [-0.3, -0.25) is 0 Å². The Kier molecular flexibility index (Phi) is 5.41. The molecule has 106 valence electrons. The molecule has 0 aliphatic carbocycles.